The highest BCUT2D eigenvalue weighted by Gasteiger charge is 2.15. The van der Waals surface area contributed by atoms with Gasteiger partial charge in [0.05, 0.1) is 16.3 Å². The van der Waals surface area contributed by atoms with Gasteiger partial charge in [-0.25, -0.2) is 5.43 Å². The van der Waals surface area contributed by atoms with E-state index in [1.165, 1.54) is 6.21 Å². The molecule has 0 aliphatic carbocycles. The van der Waals surface area contributed by atoms with E-state index in [0.717, 1.165) is 11.1 Å². The smallest absolute Gasteiger partial charge is 0.329 e. The first-order valence-electron chi connectivity index (χ1n) is 10.1. The molecule has 0 fully saturated rings. The molecule has 4 rings (SSSR count). The normalized spacial score (nSPS) is 11.9. The Balaban J connectivity index is 1.21. The number of carbonyl (C=O) groups is 2. The number of nitrogens with zero attached hydrogens (tertiary/aromatic N) is 1. The Labute approximate surface area is 205 Å². The SMILES string of the molecule is O=C(NCc1ccc2c(c1)OCO2)C(=O)N/N=C\c1ccc(OCc2ccc(Cl)c(Cl)c2)cc1. The van der Waals surface area contributed by atoms with Crippen LogP contribution < -0.4 is 25.0 Å². The number of benzene rings is 3. The quantitative estimate of drug-likeness (QED) is 0.290. The zero-order chi connectivity index (χ0) is 23.9. The van der Waals surface area contributed by atoms with Crippen LogP contribution in [-0.4, -0.2) is 24.8 Å². The Morgan fingerprint density at radius 1 is 0.912 bits per heavy atom. The van der Waals surface area contributed by atoms with Gasteiger partial charge in [-0.15, -0.1) is 0 Å². The highest BCUT2D eigenvalue weighted by molar-refractivity contribution is 6.42. The second kappa shape index (κ2) is 10.9. The van der Waals surface area contributed by atoms with Crippen LogP contribution in [0, 0.1) is 0 Å². The molecule has 2 N–H and O–H groups in total. The molecule has 0 saturated heterocycles. The van der Waals surface area contributed by atoms with Crippen LogP contribution in [0.4, 0.5) is 0 Å². The summed E-state index contributed by atoms with van der Waals surface area (Å²) in [7, 11) is 0. The highest BCUT2D eigenvalue weighted by atomic mass is 35.5. The third-order valence-electron chi connectivity index (χ3n) is 4.75. The van der Waals surface area contributed by atoms with Gasteiger partial charge in [-0.05, 0) is 65.2 Å². The van der Waals surface area contributed by atoms with Gasteiger partial charge in [-0.1, -0.05) is 35.3 Å². The fourth-order valence-corrected chi connectivity index (χ4v) is 3.30. The molecule has 0 saturated carbocycles. The summed E-state index contributed by atoms with van der Waals surface area (Å²) in [5.41, 5.74) is 4.57. The van der Waals surface area contributed by atoms with Crippen molar-refractivity contribution in [1.29, 1.82) is 0 Å². The van der Waals surface area contributed by atoms with Crippen LogP contribution in [0.2, 0.25) is 10.0 Å². The third-order valence-corrected chi connectivity index (χ3v) is 5.48. The van der Waals surface area contributed by atoms with Crippen molar-refractivity contribution in [2.45, 2.75) is 13.2 Å². The van der Waals surface area contributed by atoms with Gasteiger partial charge >= 0.3 is 11.8 Å². The number of halogens is 2. The van der Waals surface area contributed by atoms with Crippen LogP contribution in [0.3, 0.4) is 0 Å². The zero-order valence-corrected chi connectivity index (χ0v) is 19.2. The molecule has 1 aliphatic rings. The molecule has 0 bridgehead atoms. The summed E-state index contributed by atoms with van der Waals surface area (Å²) in [6.07, 6.45) is 1.42. The van der Waals surface area contributed by atoms with Crippen LogP contribution in [0.15, 0.2) is 65.8 Å². The summed E-state index contributed by atoms with van der Waals surface area (Å²) >= 11 is 11.9. The molecule has 3 aromatic carbocycles. The number of amides is 2. The van der Waals surface area contributed by atoms with Crippen LogP contribution in [0.1, 0.15) is 16.7 Å². The molecule has 1 heterocycles. The summed E-state index contributed by atoms with van der Waals surface area (Å²) in [6, 6.07) is 17.6. The molecular weight excluding hydrogens is 481 g/mol. The van der Waals surface area contributed by atoms with Gasteiger partial charge in [0.15, 0.2) is 11.5 Å². The van der Waals surface area contributed by atoms with Crippen molar-refractivity contribution in [3.63, 3.8) is 0 Å². The van der Waals surface area contributed by atoms with Crippen molar-refractivity contribution in [3.05, 3.63) is 87.4 Å². The molecular formula is C24H19Cl2N3O5. The Morgan fingerprint density at radius 2 is 1.68 bits per heavy atom. The van der Waals surface area contributed by atoms with E-state index in [-0.39, 0.29) is 13.3 Å². The molecule has 0 unspecified atom stereocenters. The summed E-state index contributed by atoms with van der Waals surface area (Å²) in [6.45, 7) is 0.665. The summed E-state index contributed by atoms with van der Waals surface area (Å²) in [5.74, 6) is 0.217. The molecule has 174 valence electrons. The van der Waals surface area contributed by atoms with Crippen molar-refractivity contribution in [1.82, 2.24) is 10.7 Å². The lowest BCUT2D eigenvalue weighted by Gasteiger charge is -2.07. The molecule has 0 aromatic heterocycles. The lowest BCUT2D eigenvalue weighted by molar-refractivity contribution is -0.139. The second-order valence-corrected chi connectivity index (χ2v) is 7.99. The highest BCUT2D eigenvalue weighted by Crippen LogP contribution is 2.32. The van der Waals surface area contributed by atoms with E-state index in [4.69, 9.17) is 37.4 Å². The van der Waals surface area contributed by atoms with E-state index >= 15 is 0 Å². The third kappa shape index (κ3) is 6.18. The molecule has 0 radical (unpaired) electrons. The monoisotopic (exact) mass is 499 g/mol. The van der Waals surface area contributed by atoms with Gasteiger partial charge in [0.25, 0.3) is 0 Å². The van der Waals surface area contributed by atoms with Crippen LogP contribution in [0.25, 0.3) is 0 Å². The molecule has 3 aromatic rings. The van der Waals surface area contributed by atoms with Crippen molar-refractivity contribution >= 4 is 41.2 Å². The molecule has 8 nitrogen and oxygen atoms in total. The lowest BCUT2D eigenvalue weighted by Crippen LogP contribution is -2.37. The molecule has 0 atom stereocenters. The number of carbonyl (C=O) groups excluding carboxylic acids is 2. The molecule has 10 heteroatoms. The predicted molar refractivity (Wildman–Crippen MR) is 127 cm³/mol. The minimum absolute atomic E-state index is 0.163. The van der Waals surface area contributed by atoms with Crippen molar-refractivity contribution in [3.8, 4) is 17.2 Å². The molecule has 2 amide bonds. The van der Waals surface area contributed by atoms with E-state index in [2.05, 4.69) is 15.8 Å². The number of rotatable bonds is 7. The fourth-order valence-electron chi connectivity index (χ4n) is 2.98. The first kappa shape index (κ1) is 23.4. The van der Waals surface area contributed by atoms with E-state index in [1.807, 2.05) is 6.07 Å². The summed E-state index contributed by atoms with van der Waals surface area (Å²) in [4.78, 5) is 23.9. The van der Waals surface area contributed by atoms with Gasteiger partial charge in [-0.3, -0.25) is 9.59 Å². The Kier molecular flexibility index (Phi) is 7.51. The fraction of sp³-hybridized carbons (Fsp3) is 0.125. The van der Waals surface area contributed by atoms with Crippen molar-refractivity contribution < 1.29 is 23.8 Å². The number of fused-ring (bicyclic) bond motifs is 1. The average Bonchev–Trinajstić information content (AvgIpc) is 3.32. The minimum atomic E-state index is -0.876. The minimum Gasteiger partial charge on any atom is -0.489 e. The second-order valence-electron chi connectivity index (χ2n) is 7.18. The largest absolute Gasteiger partial charge is 0.489 e. The van der Waals surface area contributed by atoms with Crippen LogP contribution in [0.5, 0.6) is 17.2 Å². The maximum atomic E-state index is 12.0. The maximum Gasteiger partial charge on any atom is 0.329 e. The Morgan fingerprint density at radius 3 is 2.47 bits per heavy atom. The van der Waals surface area contributed by atoms with Gasteiger partial charge < -0.3 is 19.5 Å². The van der Waals surface area contributed by atoms with Gasteiger partial charge in [0, 0.05) is 6.54 Å². The van der Waals surface area contributed by atoms with Crippen LogP contribution in [-0.2, 0) is 22.7 Å². The van der Waals surface area contributed by atoms with Gasteiger partial charge in [0.2, 0.25) is 6.79 Å². The molecule has 1 aliphatic heterocycles. The van der Waals surface area contributed by atoms with E-state index in [9.17, 15) is 9.59 Å². The van der Waals surface area contributed by atoms with Crippen LogP contribution >= 0.6 is 23.2 Å². The summed E-state index contributed by atoms with van der Waals surface area (Å²) in [5, 5.41) is 7.30. The first-order valence-corrected chi connectivity index (χ1v) is 10.9. The predicted octanol–water partition coefficient (Wildman–Crippen LogP) is 4.07. The first-order chi connectivity index (χ1) is 16.5. The van der Waals surface area contributed by atoms with E-state index in [0.29, 0.717) is 39.5 Å². The number of hydrazone groups is 1. The molecule has 34 heavy (non-hydrogen) atoms. The maximum absolute atomic E-state index is 12.0. The number of hydrogen-bond donors (Lipinski definition) is 2. The topological polar surface area (TPSA) is 98.2 Å². The van der Waals surface area contributed by atoms with E-state index in [1.54, 1.807) is 54.6 Å². The van der Waals surface area contributed by atoms with Crippen molar-refractivity contribution in [2.75, 3.05) is 6.79 Å². The summed E-state index contributed by atoms with van der Waals surface area (Å²) < 4.78 is 16.2. The average molecular weight is 500 g/mol. The standard InChI is InChI=1S/C24H19Cl2N3O5/c25-19-7-3-17(9-20(19)26)13-32-18-5-1-15(2-6-18)12-28-29-24(31)23(30)27-11-16-4-8-21-22(10-16)34-14-33-21/h1-10,12H,11,13-14H2,(H,27,30)(H,29,31)/b28-12-. The van der Waals surface area contributed by atoms with Gasteiger partial charge in [-0.2, -0.15) is 5.10 Å². The van der Waals surface area contributed by atoms with Gasteiger partial charge in [0.1, 0.15) is 12.4 Å². The Bertz CT molecular complexity index is 1230. The lowest BCUT2D eigenvalue weighted by atomic mass is 10.2. The number of nitrogens with one attached hydrogen (secondary N) is 2. The Hall–Kier alpha value is -3.75. The van der Waals surface area contributed by atoms with E-state index < -0.39 is 11.8 Å². The number of hydrogen-bond acceptors (Lipinski definition) is 6. The molecule has 0 spiro atoms. The zero-order valence-electron chi connectivity index (χ0n) is 17.7. The number of ether oxygens (including phenoxy) is 3. The van der Waals surface area contributed by atoms with Crippen molar-refractivity contribution in [2.24, 2.45) is 5.10 Å².